The number of ether oxygens (including phenoxy) is 1. The number of halogens is 4. The van der Waals surface area contributed by atoms with Crippen molar-refractivity contribution in [2.45, 2.75) is 23.8 Å². The Morgan fingerprint density at radius 2 is 2.00 bits per heavy atom. The molecule has 0 amide bonds. The normalized spacial score (nSPS) is 15.9. The van der Waals surface area contributed by atoms with Crippen molar-refractivity contribution in [3.8, 4) is 5.13 Å². The summed E-state index contributed by atoms with van der Waals surface area (Å²) in [5.74, 6) is -2.16. The van der Waals surface area contributed by atoms with E-state index in [0.717, 1.165) is 13.0 Å². The summed E-state index contributed by atoms with van der Waals surface area (Å²) in [6, 6.07) is 1.38. The third kappa shape index (κ3) is 3.52. The third-order valence-electron chi connectivity index (χ3n) is 4.67. The van der Waals surface area contributed by atoms with Crippen LogP contribution in [-0.2, 0) is 14.8 Å². The Morgan fingerprint density at radius 1 is 1.31 bits per heavy atom. The summed E-state index contributed by atoms with van der Waals surface area (Å²) in [5, 5.41) is 5.66. The quantitative estimate of drug-likeness (QED) is 0.513. The largest absolute Gasteiger partial charge is 0.377 e. The van der Waals surface area contributed by atoms with Gasteiger partial charge in [0.2, 0.25) is 21.1 Å². The number of aromatic nitrogens is 4. The summed E-state index contributed by atoms with van der Waals surface area (Å²) in [6.07, 6.45) is -2.99. The smallest absolute Gasteiger partial charge is 0.342 e. The van der Waals surface area contributed by atoms with Crippen molar-refractivity contribution in [3.63, 3.8) is 0 Å². The van der Waals surface area contributed by atoms with Crippen molar-refractivity contribution in [1.29, 1.82) is 0 Å². The molecule has 3 heterocycles. The first-order valence-electron chi connectivity index (χ1n) is 8.77. The number of alkyl halides is 3. The van der Waals surface area contributed by atoms with Crippen LogP contribution in [0.2, 0.25) is 0 Å². The molecule has 172 valence electrons. The monoisotopic (exact) mass is 495 g/mol. The van der Waals surface area contributed by atoms with Gasteiger partial charge in [-0.25, -0.2) is 39.9 Å². The zero-order valence-electron chi connectivity index (χ0n) is 16.0. The van der Waals surface area contributed by atoms with Crippen LogP contribution in [0.25, 0.3) is 16.2 Å². The first-order valence-corrected chi connectivity index (χ1v) is 11.1. The van der Waals surface area contributed by atoms with E-state index in [4.69, 9.17) is 4.74 Å². The molecular weight excluding hydrogens is 482 g/mol. The van der Waals surface area contributed by atoms with E-state index in [9.17, 15) is 35.6 Å². The zero-order chi connectivity index (χ0) is 23.4. The molecule has 0 bridgehead atoms. The number of carbonyl (C=O) groups is 1. The van der Waals surface area contributed by atoms with E-state index in [1.54, 1.807) is 0 Å². The van der Waals surface area contributed by atoms with Crippen molar-refractivity contribution >= 4 is 38.3 Å². The van der Waals surface area contributed by atoms with Crippen LogP contribution >= 0.6 is 11.3 Å². The average Bonchev–Trinajstić information content (AvgIpc) is 3.25. The average molecular weight is 495 g/mol. The molecule has 0 aliphatic carbocycles. The summed E-state index contributed by atoms with van der Waals surface area (Å²) in [4.78, 5) is 23.9. The van der Waals surface area contributed by atoms with E-state index in [-0.39, 0.29) is 29.4 Å². The van der Waals surface area contributed by atoms with Crippen LogP contribution < -0.4 is 10.4 Å². The molecule has 0 radical (unpaired) electrons. The van der Waals surface area contributed by atoms with E-state index in [1.165, 1.54) is 0 Å². The Morgan fingerprint density at radius 3 is 2.50 bits per heavy atom. The maximum atomic E-state index is 14.8. The fraction of sp³-hybridized carbons (Fsp3) is 0.375. The molecule has 1 fully saturated rings. The molecule has 4 rings (SSSR count). The molecule has 0 unspecified atom stereocenters. The predicted octanol–water partition coefficient (Wildman–Crippen LogP) is 1.40. The van der Waals surface area contributed by atoms with E-state index in [1.807, 2.05) is 4.72 Å². The molecule has 1 N–H and O–H groups in total. The van der Waals surface area contributed by atoms with Crippen LogP contribution in [0.1, 0.15) is 23.2 Å². The van der Waals surface area contributed by atoms with Crippen molar-refractivity contribution in [3.05, 3.63) is 33.4 Å². The fourth-order valence-corrected chi connectivity index (χ4v) is 5.29. The van der Waals surface area contributed by atoms with Crippen molar-refractivity contribution in [1.82, 2.24) is 24.1 Å². The summed E-state index contributed by atoms with van der Waals surface area (Å²) in [5.41, 5.74) is -3.27. The first-order chi connectivity index (χ1) is 15.0. The molecule has 1 aliphatic rings. The van der Waals surface area contributed by atoms with Gasteiger partial charge >= 0.3 is 5.69 Å². The number of rotatable bonds is 6. The van der Waals surface area contributed by atoms with E-state index >= 15 is 0 Å². The van der Waals surface area contributed by atoms with Gasteiger partial charge in [-0.2, -0.15) is 4.72 Å². The molecule has 0 atom stereocenters. The maximum absolute atomic E-state index is 14.8. The predicted molar refractivity (Wildman–Crippen MR) is 102 cm³/mol. The van der Waals surface area contributed by atoms with Crippen LogP contribution in [-0.4, -0.2) is 59.1 Å². The van der Waals surface area contributed by atoms with Crippen molar-refractivity contribution in [2.24, 2.45) is 0 Å². The summed E-state index contributed by atoms with van der Waals surface area (Å²) in [6.45, 7) is -0.636. The van der Waals surface area contributed by atoms with E-state index < -0.39 is 56.0 Å². The van der Waals surface area contributed by atoms with Gasteiger partial charge in [0.1, 0.15) is 22.9 Å². The van der Waals surface area contributed by atoms with Gasteiger partial charge in [0.25, 0.3) is 6.43 Å². The highest BCUT2D eigenvalue weighted by atomic mass is 32.2. The minimum absolute atomic E-state index is 0.265. The number of hydrogen-bond donors (Lipinski definition) is 1. The summed E-state index contributed by atoms with van der Waals surface area (Å²) < 4.78 is 87.6. The van der Waals surface area contributed by atoms with Gasteiger partial charge < -0.3 is 4.74 Å². The van der Waals surface area contributed by atoms with Gasteiger partial charge in [0.05, 0.1) is 24.2 Å². The standard InChI is InChI=1S/C16H13F4N5O5S2/c1-7(26)24-9-2-8(18)11(32(28,29)23-16(4-17)5-30-6-16)3-10(9)25(15(24)27)14-22-21-13(31-14)12(19)20/h2-3,12,23H,4-6H2,1H3. The second-order valence-corrected chi connectivity index (χ2v) is 9.62. The summed E-state index contributed by atoms with van der Waals surface area (Å²) in [7, 11) is -4.65. The van der Waals surface area contributed by atoms with Gasteiger partial charge in [-0.3, -0.25) is 4.79 Å². The van der Waals surface area contributed by atoms with Crippen LogP contribution in [0.3, 0.4) is 0 Å². The first kappa shape index (κ1) is 22.5. The third-order valence-corrected chi connectivity index (χ3v) is 7.18. The van der Waals surface area contributed by atoms with Crippen LogP contribution in [0, 0.1) is 5.82 Å². The molecule has 1 aliphatic heterocycles. The highest BCUT2D eigenvalue weighted by Crippen LogP contribution is 2.29. The van der Waals surface area contributed by atoms with Gasteiger partial charge in [0.15, 0.2) is 5.01 Å². The Balaban J connectivity index is 1.95. The minimum atomic E-state index is -4.65. The Bertz CT molecular complexity index is 1390. The Hall–Kier alpha value is -2.69. The molecule has 3 aromatic rings. The number of benzene rings is 1. The lowest BCUT2D eigenvalue weighted by molar-refractivity contribution is -0.0725. The lowest BCUT2D eigenvalue weighted by atomic mass is 10.0. The molecule has 1 saturated heterocycles. The molecule has 0 saturated carbocycles. The highest BCUT2D eigenvalue weighted by molar-refractivity contribution is 7.89. The topological polar surface area (TPSA) is 125 Å². The van der Waals surface area contributed by atoms with Gasteiger partial charge in [-0.1, -0.05) is 11.3 Å². The SMILES string of the molecule is CC(=O)n1c(=O)n(-c2nnc(C(F)F)s2)c2cc(S(=O)(=O)NC3(CF)COC3)c(F)cc21. The lowest BCUT2D eigenvalue weighted by Crippen LogP contribution is -2.63. The molecule has 16 heteroatoms. The summed E-state index contributed by atoms with van der Waals surface area (Å²) >= 11 is 0.333. The van der Waals surface area contributed by atoms with Gasteiger partial charge in [0, 0.05) is 13.0 Å². The second kappa shape index (κ2) is 7.72. The molecular formula is C16H13F4N5O5S2. The molecule has 1 aromatic carbocycles. The maximum Gasteiger partial charge on any atom is 0.342 e. The van der Waals surface area contributed by atoms with Gasteiger partial charge in [-0.15, -0.1) is 10.2 Å². The zero-order valence-corrected chi connectivity index (χ0v) is 17.6. The number of nitrogens with zero attached hydrogens (tertiary/aromatic N) is 4. The number of fused-ring (bicyclic) bond motifs is 1. The van der Waals surface area contributed by atoms with Crippen molar-refractivity contribution < 1.29 is 35.5 Å². The van der Waals surface area contributed by atoms with Crippen molar-refractivity contribution in [2.75, 3.05) is 19.9 Å². The molecule has 32 heavy (non-hydrogen) atoms. The molecule has 2 aromatic heterocycles. The number of hydrogen-bond acceptors (Lipinski definition) is 8. The molecule has 10 nitrogen and oxygen atoms in total. The van der Waals surface area contributed by atoms with E-state index in [2.05, 4.69) is 10.2 Å². The number of carbonyl (C=O) groups excluding carboxylic acids is 1. The van der Waals surface area contributed by atoms with Crippen LogP contribution in [0.15, 0.2) is 21.8 Å². The van der Waals surface area contributed by atoms with E-state index in [0.29, 0.717) is 26.5 Å². The number of imidazole rings is 1. The van der Waals surface area contributed by atoms with Gasteiger partial charge in [-0.05, 0) is 6.07 Å². The van der Waals surface area contributed by atoms with Crippen LogP contribution in [0.4, 0.5) is 17.6 Å². The molecule has 0 spiro atoms. The minimum Gasteiger partial charge on any atom is -0.377 e. The Labute approximate surface area is 180 Å². The lowest BCUT2D eigenvalue weighted by Gasteiger charge is -2.39. The fourth-order valence-electron chi connectivity index (χ4n) is 3.15. The number of nitrogens with one attached hydrogen (secondary N) is 1. The number of sulfonamides is 1. The van der Waals surface area contributed by atoms with Crippen LogP contribution in [0.5, 0.6) is 0 Å². The highest BCUT2D eigenvalue weighted by Gasteiger charge is 2.43. The second-order valence-electron chi connectivity index (χ2n) is 6.98. The Kier molecular flexibility index (Phi) is 5.43.